The van der Waals surface area contributed by atoms with Gasteiger partial charge in [-0.05, 0) is 37.3 Å². The fourth-order valence-corrected chi connectivity index (χ4v) is 5.10. The Balaban J connectivity index is 1.89. The van der Waals surface area contributed by atoms with E-state index in [1.54, 1.807) is 11.8 Å². The summed E-state index contributed by atoms with van der Waals surface area (Å²) in [5.41, 5.74) is 0.729. The first-order chi connectivity index (χ1) is 10.8. The van der Waals surface area contributed by atoms with Crippen LogP contribution in [0.1, 0.15) is 51.4 Å². The second kappa shape index (κ2) is 7.36. The molecule has 1 aromatic carbocycles. The van der Waals surface area contributed by atoms with Crippen molar-refractivity contribution >= 4 is 17.5 Å². The summed E-state index contributed by atoms with van der Waals surface area (Å²) in [5.74, 6) is 1.04. The highest BCUT2D eigenvalue weighted by molar-refractivity contribution is 8.00. The van der Waals surface area contributed by atoms with Crippen molar-refractivity contribution < 1.29 is 9.90 Å². The lowest BCUT2D eigenvalue weighted by atomic mass is 9.81. The fourth-order valence-electron chi connectivity index (χ4n) is 3.64. The number of ketones is 1. The molecular formula is C19H24O2S. The standard InChI is InChI=1S/C19H24O2S/c20-16-12-7-13-17(21)18(16)19(14-8-3-1-4-9-14)22-15-10-5-2-6-11-15/h2,5-6,10-11,14,19-20H,1,3-4,7-9,12-13H2. The minimum Gasteiger partial charge on any atom is -0.512 e. The third-order valence-corrected chi connectivity index (χ3v) is 6.22. The molecule has 3 heteroatoms. The van der Waals surface area contributed by atoms with Gasteiger partial charge in [-0.3, -0.25) is 4.79 Å². The molecule has 0 aromatic heterocycles. The molecule has 2 nitrogen and oxygen atoms in total. The number of carbonyl (C=O) groups excluding carboxylic acids is 1. The molecule has 2 aliphatic carbocycles. The number of carbonyl (C=O) groups is 1. The van der Waals surface area contributed by atoms with Crippen LogP contribution < -0.4 is 0 Å². The maximum absolute atomic E-state index is 12.4. The zero-order valence-electron chi connectivity index (χ0n) is 13.0. The van der Waals surface area contributed by atoms with E-state index in [1.165, 1.54) is 37.0 Å². The Kier molecular flexibility index (Phi) is 5.24. The topological polar surface area (TPSA) is 37.3 Å². The Labute approximate surface area is 137 Å². The van der Waals surface area contributed by atoms with Gasteiger partial charge in [-0.25, -0.2) is 0 Å². The zero-order valence-corrected chi connectivity index (χ0v) is 13.8. The van der Waals surface area contributed by atoms with Gasteiger partial charge in [-0.15, -0.1) is 11.8 Å². The third kappa shape index (κ3) is 3.57. The molecule has 0 bridgehead atoms. The highest BCUT2D eigenvalue weighted by Crippen LogP contribution is 2.42. The Morgan fingerprint density at radius 2 is 1.73 bits per heavy atom. The maximum atomic E-state index is 12.4. The molecule has 1 unspecified atom stereocenters. The van der Waals surface area contributed by atoms with E-state index in [4.69, 9.17) is 0 Å². The molecule has 3 rings (SSSR count). The molecule has 1 fully saturated rings. The first-order valence-electron chi connectivity index (χ1n) is 8.42. The van der Waals surface area contributed by atoms with Crippen LogP contribution in [0.15, 0.2) is 46.6 Å². The first kappa shape index (κ1) is 15.7. The molecule has 1 atom stereocenters. The number of thioether (sulfide) groups is 1. The van der Waals surface area contributed by atoms with E-state index >= 15 is 0 Å². The smallest absolute Gasteiger partial charge is 0.163 e. The summed E-state index contributed by atoms with van der Waals surface area (Å²) in [6.07, 6.45) is 8.21. The second-order valence-corrected chi connectivity index (χ2v) is 7.60. The van der Waals surface area contributed by atoms with Gasteiger partial charge in [-0.1, -0.05) is 37.5 Å². The summed E-state index contributed by atoms with van der Waals surface area (Å²) < 4.78 is 0. The van der Waals surface area contributed by atoms with Crippen LogP contribution in [0, 0.1) is 5.92 Å². The first-order valence-corrected chi connectivity index (χ1v) is 9.30. The molecule has 0 saturated heterocycles. The van der Waals surface area contributed by atoms with Crippen molar-refractivity contribution in [3.05, 3.63) is 41.7 Å². The normalized spacial score (nSPS) is 21.9. The van der Waals surface area contributed by atoms with Gasteiger partial charge in [0.15, 0.2) is 5.78 Å². The largest absolute Gasteiger partial charge is 0.512 e. The van der Waals surface area contributed by atoms with Crippen LogP contribution in [0.4, 0.5) is 0 Å². The van der Waals surface area contributed by atoms with E-state index in [9.17, 15) is 9.90 Å². The molecule has 118 valence electrons. The Morgan fingerprint density at radius 3 is 2.41 bits per heavy atom. The number of aliphatic hydroxyl groups excluding tert-OH is 1. The minimum atomic E-state index is 0.121. The summed E-state index contributed by atoms with van der Waals surface area (Å²) in [7, 11) is 0. The van der Waals surface area contributed by atoms with Crippen LogP contribution in [0.2, 0.25) is 0 Å². The average molecular weight is 316 g/mol. The van der Waals surface area contributed by atoms with Gasteiger partial charge < -0.3 is 5.11 Å². The van der Waals surface area contributed by atoms with Crippen LogP contribution in [-0.2, 0) is 4.79 Å². The monoisotopic (exact) mass is 316 g/mol. The van der Waals surface area contributed by atoms with Gasteiger partial charge in [0.2, 0.25) is 0 Å². The fraction of sp³-hybridized carbons (Fsp3) is 0.526. The van der Waals surface area contributed by atoms with Gasteiger partial charge in [-0.2, -0.15) is 0 Å². The number of Topliss-reactive ketones (excluding diaryl/α,β-unsaturated/α-hetero) is 1. The van der Waals surface area contributed by atoms with Crippen LogP contribution in [0.25, 0.3) is 0 Å². The van der Waals surface area contributed by atoms with Gasteiger partial charge >= 0.3 is 0 Å². The van der Waals surface area contributed by atoms with Crippen LogP contribution in [0.3, 0.4) is 0 Å². The van der Waals surface area contributed by atoms with Crippen molar-refractivity contribution in [1.82, 2.24) is 0 Å². The summed E-state index contributed by atoms with van der Waals surface area (Å²) in [6, 6.07) is 10.3. The zero-order chi connectivity index (χ0) is 15.4. The van der Waals surface area contributed by atoms with E-state index in [1.807, 2.05) is 18.2 Å². The SMILES string of the molecule is O=C1CCCC(O)=C1C(Sc1ccccc1)C1CCCCC1. The molecule has 0 amide bonds. The predicted molar refractivity (Wildman–Crippen MR) is 91.2 cm³/mol. The van der Waals surface area contributed by atoms with E-state index < -0.39 is 0 Å². The number of rotatable bonds is 4. The maximum Gasteiger partial charge on any atom is 0.163 e. The lowest BCUT2D eigenvalue weighted by Gasteiger charge is -2.33. The van der Waals surface area contributed by atoms with Crippen molar-refractivity contribution in [2.75, 3.05) is 0 Å². The Hall–Kier alpha value is -1.22. The molecule has 0 heterocycles. The van der Waals surface area contributed by atoms with Crippen LogP contribution >= 0.6 is 11.8 Å². The van der Waals surface area contributed by atoms with E-state index in [0.717, 1.165) is 12.0 Å². The van der Waals surface area contributed by atoms with E-state index in [0.29, 0.717) is 24.5 Å². The van der Waals surface area contributed by atoms with E-state index in [2.05, 4.69) is 12.1 Å². The minimum absolute atomic E-state index is 0.121. The molecule has 1 N–H and O–H groups in total. The number of allylic oxidation sites excluding steroid dienone is 1. The van der Waals surface area contributed by atoms with Crippen molar-refractivity contribution in [3.8, 4) is 0 Å². The van der Waals surface area contributed by atoms with Crippen molar-refractivity contribution in [2.45, 2.75) is 61.5 Å². The molecule has 1 saturated carbocycles. The molecule has 0 spiro atoms. The second-order valence-electron chi connectivity index (χ2n) is 6.39. The van der Waals surface area contributed by atoms with Gasteiger partial charge in [0.05, 0.1) is 0 Å². The summed E-state index contributed by atoms with van der Waals surface area (Å²) in [4.78, 5) is 13.6. The van der Waals surface area contributed by atoms with Crippen LogP contribution in [0.5, 0.6) is 0 Å². The Morgan fingerprint density at radius 1 is 1.00 bits per heavy atom. The number of benzene rings is 1. The lowest BCUT2D eigenvalue weighted by molar-refractivity contribution is -0.116. The molecule has 2 aliphatic rings. The number of hydrogen-bond donors (Lipinski definition) is 1. The van der Waals surface area contributed by atoms with Gasteiger partial charge in [0, 0.05) is 28.6 Å². The van der Waals surface area contributed by atoms with Gasteiger partial charge in [0.25, 0.3) is 0 Å². The quantitative estimate of drug-likeness (QED) is 0.767. The van der Waals surface area contributed by atoms with Crippen molar-refractivity contribution in [2.24, 2.45) is 5.92 Å². The van der Waals surface area contributed by atoms with E-state index in [-0.39, 0.29) is 11.0 Å². The molecule has 0 radical (unpaired) electrons. The Bertz CT molecular complexity index is 544. The summed E-state index contributed by atoms with van der Waals surface area (Å²) >= 11 is 1.77. The molecular weight excluding hydrogens is 292 g/mol. The van der Waals surface area contributed by atoms with Crippen molar-refractivity contribution in [1.29, 1.82) is 0 Å². The molecule has 1 aromatic rings. The highest BCUT2D eigenvalue weighted by atomic mass is 32.2. The van der Waals surface area contributed by atoms with Crippen molar-refractivity contribution in [3.63, 3.8) is 0 Å². The predicted octanol–water partition coefficient (Wildman–Crippen LogP) is 5.29. The molecule has 22 heavy (non-hydrogen) atoms. The number of aliphatic hydroxyl groups is 1. The number of hydrogen-bond acceptors (Lipinski definition) is 3. The summed E-state index contributed by atoms with van der Waals surface area (Å²) in [6.45, 7) is 0. The van der Waals surface area contributed by atoms with Crippen LogP contribution in [-0.4, -0.2) is 16.1 Å². The summed E-state index contributed by atoms with van der Waals surface area (Å²) in [5, 5.41) is 10.5. The lowest BCUT2D eigenvalue weighted by Crippen LogP contribution is -2.29. The van der Waals surface area contributed by atoms with Gasteiger partial charge in [0.1, 0.15) is 5.76 Å². The molecule has 0 aliphatic heterocycles. The third-order valence-electron chi connectivity index (χ3n) is 4.80. The highest BCUT2D eigenvalue weighted by Gasteiger charge is 2.34. The average Bonchev–Trinajstić information content (AvgIpc) is 2.55.